The molecule has 0 radical (unpaired) electrons. The SMILES string of the molecule is CC(=O)Oc1cc(OC(C)C)c2cc(C(=O)OCCN(C)C)sc2c1. The molecule has 1 aromatic heterocycles. The second-order valence-corrected chi connectivity index (χ2v) is 7.23. The summed E-state index contributed by atoms with van der Waals surface area (Å²) in [4.78, 5) is 25.9. The van der Waals surface area contributed by atoms with Gasteiger partial charge in [-0.2, -0.15) is 0 Å². The third-order valence-electron chi connectivity index (χ3n) is 3.17. The summed E-state index contributed by atoms with van der Waals surface area (Å²) in [7, 11) is 3.83. The predicted molar refractivity (Wildman–Crippen MR) is 97.7 cm³/mol. The maximum absolute atomic E-state index is 12.2. The molecule has 0 saturated heterocycles. The fraction of sp³-hybridized carbons (Fsp3) is 0.444. The van der Waals surface area contributed by atoms with Crippen molar-refractivity contribution in [2.75, 3.05) is 27.2 Å². The Morgan fingerprint density at radius 1 is 1.20 bits per heavy atom. The molecule has 25 heavy (non-hydrogen) atoms. The van der Waals surface area contributed by atoms with Crippen LogP contribution >= 0.6 is 11.3 Å². The van der Waals surface area contributed by atoms with E-state index in [0.29, 0.717) is 29.5 Å². The Morgan fingerprint density at radius 3 is 2.52 bits per heavy atom. The van der Waals surface area contributed by atoms with Crippen LogP contribution in [-0.4, -0.2) is 50.2 Å². The number of nitrogens with zero attached hydrogens (tertiary/aromatic N) is 1. The number of esters is 2. The van der Waals surface area contributed by atoms with Crippen LogP contribution in [0.25, 0.3) is 10.1 Å². The quantitative estimate of drug-likeness (QED) is 0.554. The Kier molecular flexibility index (Phi) is 6.39. The molecule has 0 bridgehead atoms. The van der Waals surface area contributed by atoms with E-state index in [1.807, 2.05) is 32.8 Å². The smallest absolute Gasteiger partial charge is 0.348 e. The number of benzene rings is 1. The number of thiophene rings is 1. The number of carbonyl (C=O) groups excluding carboxylic acids is 2. The lowest BCUT2D eigenvalue weighted by Crippen LogP contribution is -2.19. The Labute approximate surface area is 151 Å². The molecule has 0 saturated carbocycles. The van der Waals surface area contributed by atoms with Crippen molar-refractivity contribution >= 4 is 33.4 Å². The van der Waals surface area contributed by atoms with Crippen molar-refractivity contribution in [1.82, 2.24) is 4.90 Å². The Bertz CT molecular complexity index is 766. The first kappa shape index (κ1) is 19.2. The third-order valence-corrected chi connectivity index (χ3v) is 4.23. The average molecular weight is 365 g/mol. The molecule has 0 aliphatic heterocycles. The highest BCUT2D eigenvalue weighted by atomic mass is 32.1. The molecule has 6 nitrogen and oxygen atoms in total. The van der Waals surface area contributed by atoms with Gasteiger partial charge < -0.3 is 19.1 Å². The van der Waals surface area contributed by atoms with E-state index >= 15 is 0 Å². The molecule has 0 N–H and O–H groups in total. The van der Waals surface area contributed by atoms with Gasteiger partial charge >= 0.3 is 11.9 Å². The van der Waals surface area contributed by atoms with Crippen LogP contribution in [0.5, 0.6) is 11.5 Å². The molecule has 0 atom stereocenters. The molecule has 7 heteroatoms. The topological polar surface area (TPSA) is 65.1 Å². The zero-order valence-corrected chi connectivity index (χ0v) is 15.9. The van der Waals surface area contributed by atoms with Gasteiger partial charge in [-0.05, 0) is 40.1 Å². The minimum Gasteiger partial charge on any atom is -0.490 e. The van der Waals surface area contributed by atoms with E-state index in [1.54, 1.807) is 18.2 Å². The summed E-state index contributed by atoms with van der Waals surface area (Å²) in [5, 5.41) is 0.800. The zero-order chi connectivity index (χ0) is 18.6. The summed E-state index contributed by atoms with van der Waals surface area (Å²) in [6, 6.07) is 5.15. The molecule has 0 aliphatic carbocycles. The van der Waals surface area contributed by atoms with Crippen molar-refractivity contribution in [1.29, 1.82) is 0 Å². The molecule has 0 fully saturated rings. The minimum absolute atomic E-state index is 0.0498. The van der Waals surface area contributed by atoms with Gasteiger partial charge in [-0.3, -0.25) is 4.79 Å². The van der Waals surface area contributed by atoms with Crippen LogP contribution in [0.1, 0.15) is 30.4 Å². The number of carbonyl (C=O) groups is 2. The van der Waals surface area contributed by atoms with Gasteiger partial charge in [-0.25, -0.2) is 4.79 Å². The molecule has 1 aromatic carbocycles. The number of fused-ring (bicyclic) bond motifs is 1. The molecule has 1 heterocycles. The van der Waals surface area contributed by atoms with Gasteiger partial charge in [0.1, 0.15) is 23.0 Å². The summed E-state index contributed by atoms with van der Waals surface area (Å²) in [5.74, 6) is 0.194. The molecule has 0 amide bonds. The van der Waals surface area contributed by atoms with E-state index in [9.17, 15) is 9.59 Å². The summed E-state index contributed by atoms with van der Waals surface area (Å²) in [6.07, 6.45) is -0.0498. The Balaban J connectivity index is 2.32. The summed E-state index contributed by atoms with van der Waals surface area (Å²) in [6.45, 7) is 6.15. The predicted octanol–water partition coefficient (Wildman–Crippen LogP) is 3.33. The van der Waals surface area contributed by atoms with Crippen molar-refractivity contribution in [3.8, 4) is 11.5 Å². The van der Waals surface area contributed by atoms with Crippen LogP contribution < -0.4 is 9.47 Å². The van der Waals surface area contributed by atoms with Crippen molar-refractivity contribution in [2.24, 2.45) is 0 Å². The van der Waals surface area contributed by atoms with Crippen molar-refractivity contribution < 1.29 is 23.8 Å². The minimum atomic E-state index is -0.408. The number of likely N-dealkylation sites (N-methyl/N-ethyl adjacent to an activating group) is 1. The van der Waals surface area contributed by atoms with Gasteiger partial charge in [0, 0.05) is 29.6 Å². The summed E-state index contributed by atoms with van der Waals surface area (Å²) >= 11 is 1.29. The number of hydrogen-bond acceptors (Lipinski definition) is 7. The summed E-state index contributed by atoms with van der Waals surface area (Å²) in [5.41, 5.74) is 0. The second kappa shape index (κ2) is 8.31. The fourth-order valence-corrected chi connectivity index (χ4v) is 3.15. The Hall–Kier alpha value is -2.12. The zero-order valence-electron chi connectivity index (χ0n) is 15.1. The van der Waals surface area contributed by atoms with Crippen LogP contribution in [-0.2, 0) is 9.53 Å². The van der Waals surface area contributed by atoms with Crippen molar-refractivity contribution in [3.63, 3.8) is 0 Å². The number of ether oxygens (including phenoxy) is 3. The van der Waals surface area contributed by atoms with Crippen LogP contribution in [0.4, 0.5) is 0 Å². The van der Waals surface area contributed by atoms with E-state index in [0.717, 1.165) is 10.1 Å². The molecular weight excluding hydrogens is 342 g/mol. The van der Waals surface area contributed by atoms with E-state index in [2.05, 4.69) is 0 Å². The van der Waals surface area contributed by atoms with E-state index < -0.39 is 5.97 Å². The van der Waals surface area contributed by atoms with Crippen LogP contribution in [0.3, 0.4) is 0 Å². The van der Waals surface area contributed by atoms with Gasteiger partial charge in [0.2, 0.25) is 0 Å². The van der Waals surface area contributed by atoms with Crippen molar-refractivity contribution in [3.05, 3.63) is 23.1 Å². The normalized spacial score (nSPS) is 11.2. The monoisotopic (exact) mass is 365 g/mol. The van der Waals surface area contributed by atoms with Crippen molar-refractivity contribution in [2.45, 2.75) is 26.9 Å². The van der Waals surface area contributed by atoms with Gasteiger partial charge in [0.15, 0.2) is 0 Å². The fourth-order valence-electron chi connectivity index (χ4n) is 2.15. The first-order valence-corrected chi connectivity index (χ1v) is 8.82. The summed E-state index contributed by atoms with van der Waals surface area (Å²) < 4.78 is 17.1. The maximum atomic E-state index is 12.2. The van der Waals surface area contributed by atoms with Crippen LogP contribution in [0, 0.1) is 0 Å². The van der Waals surface area contributed by atoms with E-state index in [-0.39, 0.29) is 12.1 Å². The molecule has 0 aliphatic rings. The number of hydrogen-bond donors (Lipinski definition) is 0. The maximum Gasteiger partial charge on any atom is 0.348 e. The highest BCUT2D eigenvalue weighted by molar-refractivity contribution is 7.20. The molecule has 2 rings (SSSR count). The third kappa shape index (κ3) is 5.44. The van der Waals surface area contributed by atoms with E-state index in [1.165, 1.54) is 18.3 Å². The lowest BCUT2D eigenvalue weighted by molar-refractivity contribution is -0.131. The first-order valence-electron chi connectivity index (χ1n) is 8.00. The van der Waals surface area contributed by atoms with Gasteiger partial charge in [0.25, 0.3) is 0 Å². The van der Waals surface area contributed by atoms with Crippen LogP contribution in [0.15, 0.2) is 18.2 Å². The Morgan fingerprint density at radius 2 is 1.92 bits per heavy atom. The average Bonchev–Trinajstić information content (AvgIpc) is 2.89. The number of rotatable bonds is 7. The lowest BCUT2D eigenvalue weighted by Gasteiger charge is -2.12. The highest BCUT2D eigenvalue weighted by Crippen LogP contribution is 2.37. The largest absolute Gasteiger partial charge is 0.490 e. The van der Waals surface area contributed by atoms with Crippen LogP contribution in [0.2, 0.25) is 0 Å². The first-order chi connectivity index (χ1) is 11.8. The highest BCUT2D eigenvalue weighted by Gasteiger charge is 2.17. The molecular formula is C18H23NO5S. The van der Waals surface area contributed by atoms with Gasteiger partial charge in [0.05, 0.1) is 6.10 Å². The molecule has 0 unspecified atom stereocenters. The van der Waals surface area contributed by atoms with Gasteiger partial charge in [-0.15, -0.1) is 11.3 Å². The standard InChI is InChI=1S/C18H23NO5S/c1-11(2)23-15-8-13(24-12(3)20)9-16-14(15)10-17(25-16)18(21)22-7-6-19(4)5/h8-11H,6-7H2,1-5H3. The second-order valence-electron chi connectivity index (χ2n) is 6.14. The molecule has 136 valence electrons. The lowest BCUT2D eigenvalue weighted by atomic mass is 10.2. The molecule has 2 aromatic rings. The van der Waals surface area contributed by atoms with Gasteiger partial charge in [-0.1, -0.05) is 0 Å². The molecule has 0 spiro atoms. The van der Waals surface area contributed by atoms with E-state index in [4.69, 9.17) is 14.2 Å².